The van der Waals surface area contributed by atoms with Crippen LogP contribution < -0.4 is 4.74 Å². The van der Waals surface area contributed by atoms with Crippen molar-refractivity contribution in [1.29, 1.82) is 0 Å². The van der Waals surface area contributed by atoms with Gasteiger partial charge in [0, 0.05) is 12.7 Å². The Hall–Kier alpha value is -1.76. The van der Waals surface area contributed by atoms with Crippen molar-refractivity contribution in [3.8, 4) is 5.75 Å². The minimum Gasteiger partial charge on any atom is -0.467 e. The molecule has 0 aliphatic carbocycles. The van der Waals surface area contributed by atoms with E-state index in [-0.39, 0.29) is 18.1 Å². The largest absolute Gasteiger partial charge is 0.467 e. The molecule has 0 unspecified atom stereocenters. The molecular formula is C11H12F3NO3. The van der Waals surface area contributed by atoms with Gasteiger partial charge in [-0.1, -0.05) is 17.3 Å². The van der Waals surface area contributed by atoms with Gasteiger partial charge in [-0.15, -0.1) is 0 Å². The standard InChI is InChI=1S/C11H12F3NO3/c1-7-3-4-8(5-9(7)18-6-17-2)10(15-16)11(12,13)14/h3-5,16H,6H2,1-2H3/b15-10+. The van der Waals surface area contributed by atoms with Gasteiger partial charge >= 0.3 is 6.18 Å². The Labute approximate surface area is 102 Å². The molecule has 1 aromatic rings. The van der Waals surface area contributed by atoms with Crippen molar-refractivity contribution in [2.75, 3.05) is 13.9 Å². The normalized spacial score (nSPS) is 12.6. The fourth-order valence-electron chi connectivity index (χ4n) is 1.30. The maximum absolute atomic E-state index is 12.5. The van der Waals surface area contributed by atoms with Gasteiger partial charge in [0.25, 0.3) is 0 Å². The first-order valence-electron chi connectivity index (χ1n) is 4.92. The van der Waals surface area contributed by atoms with E-state index in [1.807, 2.05) is 0 Å². The maximum Gasteiger partial charge on any atom is 0.437 e. The molecule has 1 rings (SSSR count). The van der Waals surface area contributed by atoms with Crippen molar-refractivity contribution in [3.05, 3.63) is 29.3 Å². The molecule has 0 fully saturated rings. The lowest BCUT2D eigenvalue weighted by atomic mass is 10.1. The third-order valence-corrected chi connectivity index (χ3v) is 2.16. The van der Waals surface area contributed by atoms with Crippen molar-refractivity contribution in [2.24, 2.45) is 5.16 Å². The highest BCUT2D eigenvalue weighted by molar-refractivity contribution is 6.04. The lowest BCUT2D eigenvalue weighted by Gasteiger charge is -2.12. The van der Waals surface area contributed by atoms with Crippen LogP contribution >= 0.6 is 0 Å². The molecule has 0 aliphatic heterocycles. The summed E-state index contributed by atoms with van der Waals surface area (Å²) >= 11 is 0. The number of oxime groups is 1. The van der Waals surface area contributed by atoms with Crippen molar-refractivity contribution in [2.45, 2.75) is 13.1 Å². The number of hydrogen-bond acceptors (Lipinski definition) is 4. The van der Waals surface area contributed by atoms with Crippen LogP contribution in [-0.2, 0) is 4.74 Å². The van der Waals surface area contributed by atoms with Gasteiger partial charge in [-0.25, -0.2) is 0 Å². The SMILES string of the molecule is COCOc1cc(/C(=N\O)C(F)(F)F)ccc1C. The van der Waals surface area contributed by atoms with Crippen molar-refractivity contribution in [1.82, 2.24) is 0 Å². The topological polar surface area (TPSA) is 51.0 Å². The summed E-state index contributed by atoms with van der Waals surface area (Å²) in [5.74, 6) is 0.236. The molecule has 0 amide bonds. The molecule has 0 radical (unpaired) electrons. The Kier molecular flexibility index (Phi) is 4.55. The van der Waals surface area contributed by atoms with Gasteiger partial charge in [0.15, 0.2) is 12.5 Å². The van der Waals surface area contributed by atoms with Gasteiger partial charge in [0.1, 0.15) is 5.75 Å². The molecule has 0 bridgehead atoms. The smallest absolute Gasteiger partial charge is 0.437 e. The highest BCUT2D eigenvalue weighted by Crippen LogP contribution is 2.26. The van der Waals surface area contributed by atoms with Crippen LogP contribution in [0, 0.1) is 6.92 Å². The molecule has 18 heavy (non-hydrogen) atoms. The Morgan fingerprint density at radius 1 is 1.39 bits per heavy atom. The van der Waals surface area contributed by atoms with E-state index in [4.69, 9.17) is 9.94 Å². The Morgan fingerprint density at radius 3 is 2.56 bits per heavy atom. The number of benzene rings is 1. The zero-order valence-corrected chi connectivity index (χ0v) is 9.78. The Morgan fingerprint density at radius 2 is 2.06 bits per heavy atom. The van der Waals surface area contributed by atoms with E-state index in [0.29, 0.717) is 5.56 Å². The molecule has 0 aliphatic rings. The molecular weight excluding hydrogens is 251 g/mol. The molecule has 100 valence electrons. The van der Waals surface area contributed by atoms with Crippen LogP contribution in [0.5, 0.6) is 5.75 Å². The first-order valence-corrected chi connectivity index (χ1v) is 4.92. The van der Waals surface area contributed by atoms with Crippen molar-refractivity contribution < 1.29 is 27.9 Å². The third-order valence-electron chi connectivity index (χ3n) is 2.16. The average Bonchev–Trinajstić information content (AvgIpc) is 2.28. The number of rotatable bonds is 4. The van der Waals surface area contributed by atoms with Crippen LogP contribution in [0.4, 0.5) is 13.2 Å². The highest BCUT2D eigenvalue weighted by Gasteiger charge is 2.37. The van der Waals surface area contributed by atoms with Crippen LogP contribution in [-0.4, -0.2) is 31.0 Å². The van der Waals surface area contributed by atoms with E-state index in [2.05, 4.69) is 9.89 Å². The second-order valence-electron chi connectivity index (χ2n) is 3.48. The van der Waals surface area contributed by atoms with Gasteiger partial charge in [0.05, 0.1) is 0 Å². The number of ether oxygens (including phenoxy) is 2. The maximum atomic E-state index is 12.5. The first-order chi connectivity index (χ1) is 8.40. The number of methoxy groups -OCH3 is 1. The van der Waals surface area contributed by atoms with Crippen LogP contribution in [0.2, 0.25) is 0 Å². The number of nitrogens with zero attached hydrogens (tertiary/aromatic N) is 1. The number of halogens is 3. The summed E-state index contributed by atoms with van der Waals surface area (Å²) in [4.78, 5) is 0. The highest BCUT2D eigenvalue weighted by atomic mass is 19.4. The molecule has 0 spiro atoms. The molecule has 0 saturated carbocycles. The van der Waals surface area contributed by atoms with Crippen LogP contribution in [0.25, 0.3) is 0 Å². The van der Waals surface area contributed by atoms with Gasteiger partial charge in [-0.05, 0) is 18.6 Å². The zero-order chi connectivity index (χ0) is 13.8. The fraction of sp³-hybridized carbons (Fsp3) is 0.364. The average molecular weight is 263 g/mol. The molecule has 0 heterocycles. The summed E-state index contributed by atoms with van der Waals surface area (Å²) in [5.41, 5.74) is -0.998. The van der Waals surface area contributed by atoms with E-state index < -0.39 is 11.9 Å². The summed E-state index contributed by atoms with van der Waals surface area (Å²) in [7, 11) is 1.40. The van der Waals surface area contributed by atoms with Crippen molar-refractivity contribution in [3.63, 3.8) is 0 Å². The molecule has 7 heteroatoms. The molecule has 0 saturated heterocycles. The quantitative estimate of drug-likeness (QED) is 0.393. The summed E-state index contributed by atoms with van der Waals surface area (Å²) in [5, 5.41) is 10.7. The fourth-order valence-corrected chi connectivity index (χ4v) is 1.30. The number of aryl methyl sites for hydroxylation is 1. The molecule has 1 N–H and O–H groups in total. The first kappa shape index (κ1) is 14.3. The van der Waals surface area contributed by atoms with E-state index >= 15 is 0 Å². The van der Waals surface area contributed by atoms with Crippen molar-refractivity contribution >= 4 is 5.71 Å². The third kappa shape index (κ3) is 3.36. The molecule has 4 nitrogen and oxygen atoms in total. The minimum absolute atomic E-state index is 0.0814. The summed E-state index contributed by atoms with van der Waals surface area (Å²) in [6.45, 7) is 1.60. The lowest BCUT2D eigenvalue weighted by molar-refractivity contribution is -0.0601. The number of alkyl halides is 3. The van der Waals surface area contributed by atoms with E-state index in [1.165, 1.54) is 19.2 Å². The monoisotopic (exact) mass is 263 g/mol. The Balaban J connectivity index is 3.11. The van der Waals surface area contributed by atoms with Gasteiger partial charge in [-0.3, -0.25) is 0 Å². The second-order valence-corrected chi connectivity index (χ2v) is 3.48. The van der Waals surface area contributed by atoms with Crippen LogP contribution in [0.15, 0.2) is 23.4 Å². The van der Waals surface area contributed by atoms with E-state index in [9.17, 15) is 13.2 Å². The summed E-state index contributed by atoms with van der Waals surface area (Å²) in [6.07, 6.45) is -4.73. The molecule has 0 aromatic heterocycles. The van der Waals surface area contributed by atoms with Crippen LogP contribution in [0.1, 0.15) is 11.1 Å². The molecule has 0 atom stereocenters. The predicted octanol–water partition coefficient (Wildman–Crippen LogP) is 2.72. The van der Waals surface area contributed by atoms with Crippen LogP contribution in [0.3, 0.4) is 0 Å². The van der Waals surface area contributed by atoms with Gasteiger partial charge < -0.3 is 14.7 Å². The second kappa shape index (κ2) is 5.72. The van der Waals surface area contributed by atoms with Gasteiger partial charge in [-0.2, -0.15) is 13.2 Å². The van der Waals surface area contributed by atoms with E-state index in [0.717, 1.165) is 6.07 Å². The lowest BCUT2D eigenvalue weighted by Crippen LogP contribution is -2.24. The van der Waals surface area contributed by atoms with Gasteiger partial charge in [0.2, 0.25) is 0 Å². The zero-order valence-electron chi connectivity index (χ0n) is 9.78. The summed E-state index contributed by atoms with van der Waals surface area (Å²) in [6, 6.07) is 3.80. The Bertz CT molecular complexity index is 444. The molecule has 1 aromatic carbocycles. The predicted molar refractivity (Wildman–Crippen MR) is 58.1 cm³/mol. The minimum atomic E-state index is -4.73. The summed E-state index contributed by atoms with van der Waals surface area (Å²) < 4.78 is 47.4. The van der Waals surface area contributed by atoms with E-state index in [1.54, 1.807) is 6.92 Å². The number of hydrogen-bond donors (Lipinski definition) is 1.